The number of hydrogen-bond acceptors (Lipinski definition) is 6. The Morgan fingerprint density at radius 2 is 1.77 bits per heavy atom. The highest BCUT2D eigenvalue weighted by molar-refractivity contribution is 5.81. The van der Waals surface area contributed by atoms with Gasteiger partial charge < -0.3 is 19.1 Å². The summed E-state index contributed by atoms with van der Waals surface area (Å²) in [7, 11) is 0. The minimum absolute atomic E-state index is 0.0966. The van der Waals surface area contributed by atoms with Gasteiger partial charge in [0.25, 0.3) is 6.47 Å². The van der Waals surface area contributed by atoms with Crippen LogP contribution in [-0.4, -0.2) is 47.7 Å². The van der Waals surface area contributed by atoms with Crippen LogP contribution in [0.2, 0.25) is 0 Å². The molecule has 0 atom stereocenters. The Hall–Kier alpha value is -2.57. The van der Waals surface area contributed by atoms with Crippen molar-refractivity contribution in [3.8, 4) is 0 Å². The normalized spacial score (nSPS) is 16.5. The first-order chi connectivity index (χ1) is 12.3. The molecule has 142 valence electrons. The molecule has 1 amide bonds. The van der Waals surface area contributed by atoms with E-state index in [9.17, 15) is 14.4 Å². The third-order valence-electron chi connectivity index (χ3n) is 4.08. The van der Waals surface area contributed by atoms with Gasteiger partial charge in [0.15, 0.2) is 0 Å². The quantitative estimate of drug-likeness (QED) is 0.454. The molecule has 1 saturated heterocycles. The number of likely N-dealkylation sites (tertiary alicyclic amines) is 1. The molecule has 1 aliphatic heterocycles. The highest BCUT2D eigenvalue weighted by Crippen LogP contribution is 2.29. The van der Waals surface area contributed by atoms with Crippen LogP contribution in [0.15, 0.2) is 30.3 Å². The predicted molar refractivity (Wildman–Crippen MR) is 93.2 cm³/mol. The van der Waals surface area contributed by atoms with Crippen molar-refractivity contribution < 1.29 is 28.6 Å². The minimum Gasteiger partial charge on any atom is -0.458 e. The third-order valence-corrected chi connectivity index (χ3v) is 4.08. The van der Waals surface area contributed by atoms with Crippen LogP contribution in [0.1, 0.15) is 39.2 Å². The second kappa shape index (κ2) is 8.21. The van der Waals surface area contributed by atoms with Gasteiger partial charge in [0.05, 0.1) is 0 Å². The molecular weight excluding hydrogens is 338 g/mol. The summed E-state index contributed by atoms with van der Waals surface area (Å²) in [6, 6.07) is 9.24. The van der Waals surface area contributed by atoms with Crippen molar-refractivity contribution in [2.24, 2.45) is 0 Å². The Morgan fingerprint density at radius 1 is 1.15 bits per heavy atom. The smallest absolute Gasteiger partial charge is 0.410 e. The van der Waals surface area contributed by atoms with Crippen LogP contribution in [-0.2, 0) is 30.4 Å². The Morgan fingerprint density at radius 3 is 2.31 bits per heavy atom. The first-order valence-electron chi connectivity index (χ1n) is 8.56. The first kappa shape index (κ1) is 19.8. The molecule has 2 rings (SSSR count). The summed E-state index contributed by atoms with van der Waals surface area (Å²) in [6.45, 7) is 6.19. The SMILES string of the molecule is CC(C)(C)OC(=O)N1CCC(OC=O)(C(=O)OCc2ccccc2)CC1. The molecule has 0 aromatic heterocycles. The molecule has 0 aliphatic carbocycles. The second-order valence-electron chi connectivity index (χ2n) is 7.24. The summed E-state index contributed by atoms with van der Waals surface area (Å²) >= 11 is 0. The van der Waals surface area contributed by atoms with Crippen molar-refractivity contribution in [3.05, 3.63) is 35.9 Å². The lowest BCUT2D eigenvalue weighted by atomic mass is 9.91. The highest BCUT2D eigenvalue weighted by Gasteiger charge is 2.46. The predicted octanol–water partition coefficient (Wildman–Crippen LogP) is 2.67. The van der Waals surface area contributed by atoms with E-state index in [4.69, 9.17) is 14.2 Å². The molecule has 0 bridgehead atoms. The van der Waals surface area contributed by atoms with Crippen molar-refractivity contribution >= 4 is 18.5 Å². The third kappa shape index (κ3) is 5.21. The average molecular weight is 363 g/mol. The van der Waals surface area contributed by atoms with Gasteiger partial charge >= 0.3 is 12.1 Å². The molecule has 0 saturated carbocycles. The number of carbonyl (C=O) groups is 3. The number of rotatable bonds is 5. The van der Waals surface area contributed by atoms with E-state index in [1.54, 1.807) is 20.8 Å². The first-order valence-corrected chi connectivity index (χ1v) is 8.56. The van der Waals surface area contributed by atoms with Crippen LogP contribution < -0.4 is 0 Å². The van der Waals surface area contributed by atoms with Crippen LogP contribution in [0.3, 0.4) is 0 Å². The number of benzene rings is 1. The summed E-state index contributed by atoms with van der Waals surface area (Å²) in [5.74, 6) is -0.600. The van der Waals surface area contributed by atoms with Crippen LogP contribution in [0.25, 0.3) is 0 Å². The van der Waals surface area contributed by atoms with Gasteiger partial charge in [-0.3, -0.25) is 4.79 Å². The fourth-order valence-electron chi connectivity index (χ4n) is 2.69. The molecule has 7 nitrogen and oxygen atoms in total. The zero-order valence-corrected chi connectivity index (χ0v) is 15.4. The summed E-state index contributed by atoms with van der Waals surface area (Å²) < 4.78 is 15.8. The molecular formula is C19H25NO6. The molecule has 1 fully saturated rings. The van der Waals surface area contributed by atoms with Gasteiger partial charge in [-0.05, 0) is 26.3 Å². The molecule has 7 heteroatoms. The Bertz CT molecular complexity index is 629. The summed E-state index contributed by atoms with van der Waals surface area (Å²) in [4.78, 5) is 37.1. The maximum Gasteiger partial charge on any atom is 0.410 e. The monoisotopic (exact) mass is 363 g/mol. The van der Waals surface area contributed by atoms with E-state index < -0.39 is 23.3 Å². The van der Waals surface area contributed by atoms with Crippen molar-refractivity contribution in [2.45, 2.75) is 51.4 Å². The van der Waals surface area contributed by atoms with Crippen molar-refractivity contribution in [1.82, 2.24) is 4.90 Å². The molecule has 0 unspecified atom stereocenters. The average Bonchev–Trinajstić information content (AvgIpc) is 2.60. The zero-order valence-electron chi connectivity index (χ0n) is 15.4. The van der Waals surface area contributed by atoms with E-state index in [-0.39, 0.29) is 39.0 Å². The number of esters is 1. The van der Waals surface area contributed by atoms with Crippen molar-refractivity contribution in [3.63, 3.8) is 0 Å². The fraction of sp³-hybridized carbons (Fsp3) is 0.526. The van der Waals surface area contributed by atoms with Gasteiger partial charge in [0.1, 0.15) is 12.2 Å². The minimum atomic E-state index is -1.37. The van der Waals surface area contributed by atoms with Crippen molar-refractivity contribution in [1.29, 1.82) is 0 Å². The Kier molecular flexibility index (Phi) is 6.23. The number of carbonyl (C=O) groups excluding carboxylic acids is 3. The molecule has 0 radical (unpaired) electrons. The van der Waals surface area contributed by atoms with E-state index in [0.29, 0.717) is 0 Å². The van der Waals surface area contributed by atoms with Gasteiger partial charge in [-0.2, -0.15) is 0 Å². The lowest BCUT2D eigenvalue weighted by Crippen LogP contribution is -2.53. The van der Waals surface area contributed by atoms with Crippen LogP contribution in [0.4, 0.5) is 4.79 Å². The topological polar surface area (TPSA) is 82.1 Å². The molecule has 1 aromatic carbocycles. The van der Waals surface area contributed by atoms with Gasteiger partial charge in [-0.1, -0.05) is 30.3 Å². The Labute approximate surface area is 153 Å². The van der Waals surface area contributed by atoms with Gasteiger partial charge in [-0.25, -0.2) is 9.59 Å². The van der Waals surface area contributed by atoms with Gasteiger partial charge in [-0.15, -0.1) is 0 Å². The molecule has 1 aliphatic rings. The van der Waals surface area contributed by atoms with E-state index in [1.165, 1.54) is 4.90 Å². The summed E-state index contributed by atoms with van der Waals surface area (Å²) in [5.41, 5.74) is -1.12. The lowest BCUT2D eigenvalue weighted by molar-refractivity contribution is -0.182. The number of amides is 1. The van der Waals surface area contributed by atoms with E-state index in [2.05, 4.69) is 0 Å². The van der Waals surface area contributed by atoms with Crippen LogP contribution in [0, 0.1) is 0 Å². The highest BCUT2D eigenvalue weighted by atomic mass is 16.6. The molecule has 0 spiro atoms. The number of hydrogen-bond donors (Lipinski definition) is 0. The lowest BCUT2D eigenvalue weighted by Gasteiger charge is -2.38. The van der Waals surface area contributed by atoms with Crippen LogP contribution in [0.5, 0.6) is 0 Å². The zero-order chi connectivity index (χ0) is 19.2. The largest absolute Gasteiger partial charge is 0.458 e. The molecule has 1 heterocycles. The number of piperidine rings is 1. The van der Waals surface area contributed by atoms with E-state index >= 15 is 0 Å². The fourth-order valence-corrected chi connectivity index (χ4v) is 2.69. The molecule has 1 aromatic rings. The Balaban J connectivity index is 1.97. The van der Waals surface area contributed by atoms with E-state index in [0.717, 1.165) is 5.56 Å². The van der Waals surface area contributed by atoms with Crippen molar-refractivity contribution in [2.75, 3.05) is 13.1 Å². The molecule has 26 heavy (non-hydrogen) atoms. The summed E-state index contributed by atoms with van der Waals surface area (Å²) in [5, 5.41) is 0. The maximum absolute atomic E-state index is 12.5. The van der Waals surface area contributed by atoms with E-state index in [1.807, 2.05) is 30.3 Å². The number of nitrogens with zero attached hydrogens (tertiary/aromatic N) is 1. The number of ether oxygens (including phenoxy) is 3. The standard InChI is InChI=1S/C19H25NO6/c1-18(2,3)26-17(23)20-11-9-19(10-12-20,25-14-21)16(22)24-13-15-7-5-4-6-8-15/h4-8,14H,9-13H2,1-3H3. The van der Waals surface area contributed by atoms with Crippen LogP contribution >= 0.6 is 0 Å². The van der Waals surface area contributed by atoms with Gasteiger partial charge in [0, 0.05) is 25.9 Å². The van der Waals surface area contributed by atoms with Gasteiger partial charge in [0.2, 0.25) is 5.60 Å². The molecule has 0 N–H and O–H groups in total. The maximum atomic E-state index is 12.5. The second-order valence-corrected chi connectivity index (χ2v) is 7.24. The summed E-state index contributed by atoms with van der Waals surface area (Å²) in [6.07, 6.45) is -0.119.